The molecule has 3 heteroatoms. The molecule has 0 radical (unpaired) electrons. The highest BCUT2D eigenvalue weighted by Crippen LogP contribution is 2.17. The Labute approximate surface area is 92.0 Å². The Morgan fingerprint density at radius 3 is 2.53 bits per heavy atom. The fraction of sp³-hybridized carbons (Fsp3) is 0.583. The Kier molecular flexibility index (Phi) is 6.50. The van der Waals surface area contributed by atoms with Crippen LogP contribution in [0.4, 0.5) is 0 Å². The fourth-order valence-corrected chi connectivity index (χ4v) is 1.23. The Morgan fingerprint density at radius 1 is 1.47 bits per heavy atom. The predicted molar refractivity (Wildman–Crippen MR) is 62.0 cm³/mol. The summed E-state index contributed by atoms with van der Waals surface area (Å²) in [6.07, 6.45) is 5.42. The van der Waals surface area contributed by atoms with E-state index >= 15 is 0 Å². The molecule has 3 nitrogen and oxygen atoms in total. The molecule has 2 N–H and O–H groups in total. The minimum Gasteiger partial charge on any atom is -0.463 e. The number of rotatable bonds is 5. The van der Waals surface area contributed by atoms with Gasteiger partial charge in [0.25, 0.3) is 0 Å². The van der Waals surface area contributed by atoms with E-state index in [9.17, 15) is 4.79 Å². The summed E-state index contributed by atoms with van der Waals surface area (Å²) in [6, 6.07) is 0. The maximum Gasteiger partial charge on any atom is 0.332 e. The van der Waals surface area contributed by atoms with Crippen molar-refractivity contribution >= 4 is 5.97 Å². The molecule has 0 rings (SSSR count). The number of nitrogens with two attached hydrogens (primary N) is 1. The molecule has 2 unspecified atom stereocenters. The number of ether oxygens (including phenoxy) is 1. The molecule has 0 bridgehead atoms. The van der Waals surface area contributed by atoms with E-state index < -0.39 is 0 Å². The van der Waals surface area contributed by atoms with Gasteiger partial charge in [0.2, 0.25) is 0 Å². The van der Waals surface area contributed by atoms with E-state index in [-0.39, 0.29) is 11.9 Å². The van der Waals surface area contributed by atoms with Gasteiger partial charge >= 0.3 is 5.97 Å². The first-order valence-corrected chi connectivity index (χ1v) is 5.29. The third-order valence-electron chi connectivity index (χ3n) is 2.38. The van der Waals surface area contributed by atoms with Crippen LogP contribution < -0.4 is 5.73 Å². The highest BCUT2D eigenvalue weighted by molar-refractivity contribution is 5.82. The first kappa shape index (κ1) is 13.8. The number of allylic oxidation sites excluding steroid dienone is 3. The molecule has 2 atom stereocenters. The lowest BCUT2D eigenvalue weighted by Gasteiger charge is -2.16. The fourth-order valence-electron chi connectivity index (χ4n) is 1.23. The summed E-state index contributed by atoms with van der Waals surface area (Å²) in [7, 11) is 0. The maximum atomic E-state index is 11.1. The van der Waals surface area contributed by atoms with Crippen molar-refractivity contribution in [2.75, 3.05) is 6.61 Å². The molecule has 0 amide bonds. The van der Waals surface area contributed by atoms with Crippen LogP contribution in [-0.2, 0) is 9.53 Å². The molecular weight excluding hydrogens is 190 g/mol. The monoisotopic (exact) mass is 211 g/mol. The maximum absolute atomic E-state index is 11.1. The van der Waals surface area contributed by atoms with E-state index in [2.05, 4.69) is 13.0 Å². The normalized spacial score (nSPS) is 16.4. The summed E-state index contributed by atoms with van der Waals surface area (Å²) in [5.41, 5.74) is 6.37. The van der Waals surface area contributed by atoms with Crippen LogP contribution in [0.3, 0.4) is 0 Å². The summed E-state index contributed by atoms with van der Waals surface area (Å²) < 4.78 is 4.79. The zero-order chi connectivity index (χ0) is 11.8. The van der Waals surface area contributed by atoms with E-state index in [1.165, 1.54) is 6.08 Å². The summed E-state index contributed by atoms with van der Waals surface area (Å²) in [5, 5.41) is 0. The van der Waals surface area contributed by atoms with E-state index in [1.54, 1.807) is 6.92 Å². The van der Waals surface area contributed by atoms with Crippen LogP contribution in [0, 0.1) is 11.8 Å². The van der Waals surface area contributed by atoms with Gasteiger partial charge in [0.15, 0.2) is 0 Å². The van der Waals surface area contributed by atoms with Crippen molar-refractivity contribution in [3.8, 4) is 0 Å². The Bertz CT molecular complexity index is 256. The molecule has 0 heterocycles. The largest absolute Gasteiger partial charge is 0.463 e. The molecule has 0 spiro atoms. The van der Waals surface area contributed by atoms with Gasteiger partial charge in [-0.05, 0) is 19.8 Å². The standard InChI is InChI=1S/C12H21NO2/c1-5-7-9(3)10(4)11(13)8-12(14)15-6-2/h5,7-10H,6,13H2,1-4H3. The number of carbonyl (C=O) groups excluding carboxylic acids is 1. The predicted octanol–water partition coefficient (Wildman–Crippen LogP) is 2.24. The van der Waals surface area contributed by atoms with Gasteiger partial charge in [0, 0.05) is 17.7 Å². The van der Waals surface area contributed by atoms with Gasteiger partial charge in [0.1, 0.15) is 0 Å². The molecule has 0 saturated carbocycles. The molecule has 86 valence electrons. The minimum atomic E-state index is -0.366. The Balaban J connectivity index is 4.41. The van der Waals surface area contributed by atoms with Crippen molar-refractivity contribution in [1.82, 2.24) is 0 Å². The van der Waals surface area contributed by atoms with Gasteiger partial charge in [0.05, 0.1) is 6.61 Å². The van der Waals surface area contributed by atoms with Crippen LogP contribution in [0.5, 0.6) is 0 Å². The van der Waals surface area contributed by atoms with E-state index in [0.717, 1.165) is 0 Å². The molecule has 0 aliphatic heterocycles. The number of hydrogen-bond acceptors (Lipinski definition) is 3. The first-order chi connectivity index (χ1) is 7.02. The van der Waals surface area contributed by atoms with Gasteiger partial charge in [-0.15, -0.1) is 0 Å². The Hall–Kier alpha value is -1.25. The molecule has 0 aromatic carbocycles. The molecule has 0 aliphatic carbocycles. The molecule has 0 aromatic rings. The van der Waals surface area contributed by atoms with E-state index in [1.807, 2.05) is 19.9 Å². The lowest BCUT2D eigenvalue weighted by molar-refractivity contribution is -0.137. The first-order valence-electron chi connectivity index (χ1n) is 5.29. The summed E-state index contributed by atoms with van der Waals surface area (Å²) in [4.78, 5) is 11.1. The van der Waals surface area contributed by atoms with Crippen LogP contribution >= 0.6 is 0 Å². The van der Waals surface area contributed by atoms with Crippen LogP contribution in [0.25, 0.3) is 0 Å². The molecule has 0 fully saturated rings. The van der Waals surface area contributed by atoms with Crippen molar-refractivity contribution in [1.29, 1.82) is 0 Å². The average Bonchev–Trinajstić information content (AvgIpc) is 2.17. The van der Waals surface area contributed by atoms with Gasteiger partial charge in [-0.25, -0.2) is 4.79 Å². The second-order valence-electron chi connectivity index (χ2n) is 3.57. The van der Waals surface area contributed by atoms with Crippen molar-refractivity contribution in [3.05, 3.63) is 23.9 Å². The lowest BCUT2D eigenvalue weighted by atomic mass is 9.92. The molecule has 0 saturated heterocycles. The van der Waals surface area contributed by atoms with Crippen molar-refractivity contribution in [2.24, 2.45) is 17.6 Å². The number of carbonyl (C=O) groups is 1. The van der Waals surface area contributed by atoms with Gasteiger partial charge in [-0.1, -0.05) is 26.0 Å². The molecule has 0 aliphatic rings. The lowest BCUT2D eigenvalue weighted by Crippen LogP contribution is -2.17. The van der Waals surface area contributed by atoms with Crippen LogP contribution in [-0.4, -0.2) is 12.6 Å². The second kappa shape index (κ2) is 7.10. The highest BCUT2D eigenvalue weighted by atomic mass is 16.5. The third-order valence-corrected chi connectivity index (χ3v) is 2.38. The van der Waals surface area contributed by atoms with Crippen molar-refractivity contribution < 1.29 is 9.53 Å². The summed E-state index contributed by atoms with van der Waals surface area (Å²) >= 11 is 0. The highest BCUT2D eigenvalue weighted by Gasteiger charge is 2.13. The van der Waals surface area contributed by atoms with Crippen LogP contribution in [0.2, 0.25) is 0 Å². The van der Waals surface area contributed by atoms with Gasteiger partial charge < -0.3 is 10.5 Å². The van der Waals surface area contributed by atoms with Crippen LogP contribution in [0.1, 0.15) is 27.7 Å². The van der Waals surface area contributed by atoms with E-state index in [4.69, 9.17) is 10.5 Å². The minimum absolute atomic E-state index is 0.144. The van der Waals surface area contributed by atoms with Gasteiger partial charge in [-0.3, -0.25) is 0 Å². The Morgan fingerprint density at radius 2 is 2.07 bits per heavy atom. The quantitative estimate of drug-likeness (QED) is 0.431. The SMILES string of the molecule is CC=CC(C)C(C)C(N)=CC(=O)OCC. The summed E-state index contributed by atoms with van der Waals surface area (Å²) in [5.74, 6) is 0.0980. The topological polar surface area (TPSA) is 52.3 Å². The van der Waals surface area contributed by atoms with Crippen LogP contribution in [0.15, 0.2) is 23.9 Å². The molecule has 15 heavy (non-hydrogen) atoms. The average molecular weight is 211 g/mol. The smallest absolute Gasteiger partial charge is 0.332 e. The zero-order valence-electron chi connectivity index (χ0n) is 9.99. The zero-order valence-corrected chi connectivity index (χ0v) is 9.99. The number of hydrogen-bond donors (Lipinski definition) is 1. The van der Waals surface area contributed by atoms with Crippen molar-refractivity contribution in [2.45, 2.75) is 27.7 Å². The number of esters is 1. The van der Waals surface area contributed by atoms with E-state index in [0.29, 0.717) is 18.2 Å². The summed E-state index contributed by atoms with van der Waals surface area (Å²) in [6.45, 7) is 8.18. The van der Waals surface area contributed by atoms with Gasteiger partial charge in [-0.2, -0.15) is 0 Å². The third kappa shape index (κ3) is 5.25. The second-order valence-corrected chi connectivity index (χ2v) is 3.57. The van der Waals surface area contributed by atoms with Crippen molar-refractivity contribution in [3.63, 3.8) is 0 Å². The molecule has 0 aromatic heterocycles. The molecular formula is C12H21NO2.